The van der Waals surface area contributed by atoms with Gasteiger partial charge >= 0.3 is 0 Å². The molecule has 0 saturated carbocycles. The fourth-order valence-corrected chi connectivity index (χ4v) is 1.91. The number of halogens is 1. The number of ether oxygens (including phenoxy) is 1. The third-order valence-corrected chi connectivity index (χ3v) is 2.87. The highest BCUT2D eigenvalue weighted by Gasteiger charge is 2.07. The molecule has 2 rings (SSSR count). The Kier molecular flexibility index (Phi) is 4.63. The van der Waals surface area contributed by atoms with Gasteiger partial charge in [0.05, 0.1) is 5.02 Å². The second-order valence-electron chi connectivity index (χ2n) is 4.41. The van der Waals surface area contributed by atoms with E-state index in [1.165, 1.54) is 0 Å². The summed E-state index contributed by atoms with van der Waals surface area (Å²) >= 11 is 6.13. The van der Waals surface area contributed by atoms with Gasteiger partial charge < -0.3 is 15.8 Å². The summed E-state index contributed by atoms with van der Waals surface area (Å²) in [5.74, 6) is 1.69. The molecule has 3 N–H and O–H groups in total. The summed E-state index contributed by atoms with van der Waals surface area (Å²) < 4.78 is 5.66. The molecule has 0 aliphatic carbocycles. The van der Waals surface area contributed by atoms with Crippen molar-refractivity contribution in [2.75, 3.05) is 17.6 Å². The SMILES string of the molecule is CCCNc1cc(Oc2ccc(C)cc2Cl)nc(N)n1. The van der Waals surface area contributed by atoms with Gasteiger partial charge in [-0.3, -0.25) is 0 Å². The van der Waals surface area contributed by atoms with Gasteiger partial charge in [-0.05, 0) is 31.0 Å². The first-order chi connectivity index (χ1) is 9.58. The van der Waals surface area contributed by atoms with Gasteiger partial charge in [-0.2, -0.15) is 9.97 Å². The Morgan fingerprint density at radius 2 is 2.10 bits per heavy atom. The van der Waals surface area contributed by atoms with Crippen molar-refractivity contribution < 1.29 is 4.74 Å². The van der Waals surface area contributed by atoms with Crippen LogP contribution in [-0.2, 0) is 0 Å². The maximum atomic E-state index is 6.13. The molecule has 0 spiro atoms. The maximum Gasteiger partial charge on any atom is 0.226 e. The van der Waals surface area contributed by atoms with Crippen LogP contribution in [0.5, 0.6) is 11.6 Å². The zero-order valence-corrected chi connectivity index (χ0v) is 12.2. The number of aromatic nitrogens is 2. The molecular formula is C14H17ClN4O. The van der Waals surface area contributed by atoms with Crippen LogP contribution in [0.2, 0.25) is 5.02 Å². The summed E-state index contributed by atoms with van der Waals surface area (Å²) in [6.45, 7) is 4.84. The summed E-state index contributed by atoms with van der Waals surface area (Å²) in [4.78, 5) is 8.14. The standard InChI is InChI=1S/C14H17ClN4O/c1-3-6-17-12-8-13(19-14(16)18-12)20-11-5-4-9(2)7-10(11)15/h4-5,7-8H,3,6H2,1-2H3,(H3,16,17,18,19). The van der Waals surface area contributed by atoms with Gasteiger partial charge in [-0.1, -0.05) is 24.6 Å². The maximum absolute atomic E-state index is 6.13. The van der Waals surface area contributed by atoms with E-state index in [1.807, 2.05) is 19.1 Å². The lowest BCUT2D eigenvalue weighted by molar-refractivity contribution is 0.463. The lowest BCUT2D eigenvalue weighted by atomic mass is 10.2. The second-order valence-corrected chi connectivity index (χ2v) is 4.82. The number of aryl methyl sites for hydroxylation is 1. The van der Waals surface area contributed by atoms with E-state index in [0.29, 0.717) is 22.5 Å². The molecule has 1 heterocycles. The minimum absolute atomic E-state index is 0.157. The first-order valence-corrected chi connectivity index (χ1v) is 6.78. The highest BCUT2D eigenvalue weighted by Crippen LogP contribution is 2.30. The van der Waals surface area contributed by atoms with Gasteiger partial charge in [0.2, 0.25) is 11.8 Å². The molecule has 20 heavy (non-hydrogen) atoms. The largest absolute Gasteiger partial charge is 0.437 e. The zero-order valence-electron chi connectivity index (χ0n) is 11.5. The van der Waals surface area contributed by atoms with Gasteiger partial charge in [-0.25, -0.2) is 0 Å². The molecule has 6 heteroatoms. The Labute approximate surface area is 123 Å². The van der Waals surface area contributed by atoms with Gasteiger partial charge in [0.25, 0.3) is 0 Å². The van der Waals surface area contributed by atoms with E-state index in [2.05, 4.69) is 22.2 Å². The van der Waals surface area contributed by atoms with Crippen LogP contribution in [0.25, 0.3) is 0 Å². The van der Waals surface area contributed by atoms with Gasteiger partial charge in [-0.15, -0.1) is 0 Å². The number of nitrogens with zero attached hydrogens (tertiary/aromatic N) is 2. The molecule has 1 aromatic heterocycles. The van der Waals surface area contributed by atoms with Crippen molar-refractivity contribution in [3.8, 4) is 11.6 Å². The van der Waals surface area contributed by atoms with Crippen LogP contribution in [0.1, 0.15) is 18.9 Å². The van der Waals surface area contributed by atoms with Crippen molar-refractivity contribution in [3.05, 3.63) is 34.9 Å². The number of benzene rings is 1. The molecule has 106 valence electrons. The fourth-order valence-electron chi connectivity index (χ4n) is 1.64. The van der Waals surface area contributed by atoms with E-state index in [4.69, 9.17) is 22.1 Å². The number of nitrogens with one attached hydrogen (secondary N) is 1. The Hall–Kier alpha value is -2.01. The minimum Gasteiger partial charge on any atom is -0.437 e. The molecule has 5 nitrogen and oxygen atoms in total. The molecule has 2 aromatic rings. The third kappa shape index (κ3) is 3.74. The van der Waals surface area contributed by atoms with E-state index >= 15 is 0 Å². The quantitative estimate of drug-likeness (QED) is 0.880. The van der Waals surface area contributed by atoms with Crippen molar-refractivity contribution in [2.24, 2.45) is 0 Å². The van der Waals surface area contributed by atoms with Crippen LogP contribution in [0.15, 0.2) is 24.3 Å². The molecular weight excluding hydrogens is 276 g/mol. The van der Waals surface area contributed by atoms with Gasteiger partial charge in [0.1, 0.15) is 11.6 Å². The van der Waals surface area contributed by atoms with E-state index in [1.54, 1.807) is 12.1 Å². The highest BCUT2D eigenvalue weighted by atomic mass is 35.5. The number of nitrogen functional groups attached to an aromatic ring is 1. The molecule has 0 bridgehead atoms. The van der Waals surface area contributed by atoms with Crippen LogP contribution in [-0.4, -0.2) is 16.5 Å². The lowest BCUT2D eigenvalue weighted by Crippen LogP contribution is -2.05. The Morgan fingerprint density at radius 1 is 1.30 bits per heavy atom. The average molecular weight is 293 g/mol. The Balaban J connectivity index is 2.21. The number of nitrogens with two attached hydrogens (primary N) is 1. The zero-order chi connectivity index (χ0) is 14.5. The molecule has 0 saturated heterocycles. The summed E-state index contributed by atoms with van der Waals surface area (Å²) in [5, 5.41) is 3.67. The van der Waals surface area contributed by atoms with E-state index in [0.717, 1.165) is 18.5 Å². The number of rotatable bonds is 5. The number of hydrogen-bond acceptors (Lipinski definition) is 5. The van der Waals surface area contributed by atoms with Crippen LogP contribution in [0, 0.1) is 6.92 Å². The topological polar surface area (TPSA) is 73.1 Å². The lowest BCUT2D eigenvalue weighted by Gasteiger charge is -2.10. The predicted octanol–water partition coefficient (Wildman–Crippen LogP) is 3.63. The molecule has 0 radical (unpaired) electrons. The van der Waals surface area contributed by atoms with Crippen molar-refractivity contribution in [1.29, 1.82) is 0 Å². The predicted molar refractivity (Wildman–Crippen MR) is 81.5 cm³/mol. The minimum atomic E-state index is 0.157. The first kappa shape index (κ1) is 14.4. The van der Waals surface area contributed by atoms with Gasteiger partial charge in [0, 0.05) is 12.6 Å². The average Bonchev–Trinajstić information content (AvgIpc) is 2.39. The van der Waals surface area contributed by atoms with Crippen molar-refractivity contribution in [2.45, 2.75) is 20.3 Å². The number of anilines is 2. The summed E-state index contributed by atoms with van der Waals surface area (Å²) in [6, 6.07) is 7.25. The van der Waals surface area contributed by atoms with E-state index in [-0.39, 0.29) is 5.95 Å². The molecule has 0 amide bonds. The van der Waals surface area contributed by atoms with Crippen molar-refractivity contribution >= 4 is 23.4 Å². The molecule has 0 fully saturated rings. The van der Waals surface area contributed by atoms with Gasteiger partial charge in [0.15, 0.2) is 0 Å². The molecule has 0 unspecified atom stereocenters. The third-order valence-electron chi connectivity index (χ3n) is 2.58. The Bertz CT molecular complexity index is 604. The second kappa shape index (κ2) is 6.43. The van der Waals surface area contributed by atoms with Crippen LogP contribution in [0.3, 0.4) is 0 Å². The van der Waals surface area contributed by atoms with Crippen molar-refractivity contribution in [1.82, 2.24) is 9.97 Å². The van der Waals surface area contributed by atoms with Crippen molar-refractivity contribution in [3.63, 3.8) is 0 Å². The Morgan fingerprint density at radius 3 is 2.80 bits per heavy atom. The van der Waals surface area contributed by atoms with E-state index < -0.39 is 0 Å². The summed E-state index contributed by atoms with van der Waals surface area (Å²) in [6.07, 6.45) is 0.990. The first-order valence-electron chi connectivity index (χ1n) is 6.41. The molecule has 0 aliphatic heterocycles. The fraction of sp³-hybridized carbons (Fsp3) is 0.286. The van der Waals surface area contributed by atoms with Crippen LogP contribution < -0.4 is 15.8 Å². The summed E-state index contributed by atoms with van der Waals surface area (Å²) in [5.41, 5.74) is 6.74. The molecule has 0 atom stereocenters. The smallest absolute Gasteiger partial charge is 0.226 e. The molecule has 1 aromatic carbocycles. The monoisotopic (exact) mass is 292 g/mol. The van der Waals surface area contributed by atoms with Crippen LogP contribution in [0.4, 0.5) is 11.8 Å². The highest BCUT2D eigenvalue weighted by molar-refractivity contribution is 6.32. The van der Waals surface area contributed by atoms with Crippen LogP contribution >= 0.6 is 11.6 Å². The van der Waals surface area contributed by atoms with E-state index in [9.17, 15) is 0 Å². The molecule has 0 aliphatic rings. The summed E-state index contributed by atoms with van der Waals surface area (Å²) in [7, 11) is 0. The number of hydrogen-bond donors (Lipinski definition) is 2. The normalized spacial score (nSPS) is 10.3.